The Morgan fingerprint density at radius 2 is 1.62 bits per heavy atom. The summed E-state index contributed by atoms with van der Waals surface area (Å²) in [5, 5.41) is 2.80. The standard InChI is InChI=1S/C31H38F3N5O6/c32-31(33,34)30(44)45-28(42)13-16-38-20-27(41)39(19-22-8-5-9-23(17-22)37-26(40)10-6-15-36)25-12-11-21(18-24(25)29(38)43)7-3-1-2-4-14-35/h5,8-9,11-12,17-18H,1-4,6-7,10,13-16,19-20,35-36H2,(H,37,40). The van der Waals surface area contributed by atoms with E-state index in [9.17, 15) is 37.1 Å². The van der Waals surface area contributed by atoms with Gasteiger partial charge in [0.25, 0.3) is 5.91 Å². The van der Waals surface area contributed by atoms with Gasteiger partial charge in [-0.1, -0.05) is 31.0 Å². The number of esters is 2. The summed E-state index contributed by atoms with van der Waals surface area (Å²) in [4.78, 5) is 64.9. The maximum atomic E-state index is 13.7. The number of benzene rings is 2. The minimum atomic E-state index is -5.35. The number of nitrogens with zero attached hydrogens (tertiary/aromatic N) is 2. The van der Waals surface area contributed by atoms with Crippen LogP contribution in [0.15, 0.2) is 42.5 Å². The number of halogens is 3. The Hall–Kier alpha value is -4.30. The van der Waals surface area contributed by atoms with Crippen LogP contribution in [0.5, 0.6) is 0 Å². The molecule has 2 aromatic carbocycles. The summed E-state index contributed by atoms with van der Waals surface area (Å²) in [7, 11) is 0. The largest absolute Gasteiger partial charge is 0.491 e. The predicted octanol–water partition coefficient (Wildman–Crippen LogP) is 3.44. The number of carbonyl (C=O) groups is 5. The fraction of sp³-hybridized carbons (Fsp3) is 0.452. The van der Waals surface area contributed by atoms with Crippen LogP contribution in [0.25, 0.3) is 0 Å². The fourth-order valence-corrected chi connectivity index (χ4v) is 4.81. The van der Waals surface area contributed by atoms with Crippen molar-refractivity contribution >= 4 is 41.0 Å². The highest BCUT2D eigenvalue weighted by molar-refractivity contribution is 6.09. The van der Waals surface area contributed by atoms with Crippen molar-refractivity contribution in [1.29, 1.82) is 0 Å². The van der Waals surface area contributed by atoms with Gasteiger partial charge in [0, 0.05) is 18.7 Å². The van der Waals surface area contributed by atoms with Crippen LogP contribution < -0.4 is 21.7 Å². The van der Waals surface area contributed by atoms with Crippen LogP contribution in [0.1, 0.15) is 66.4 Å². The van der Waals surface area contributed by atoms with Crippen molar-refractivity contribution in [2.24, 2.45) is 11.5 Å². The molecule has 244 valence electrons. The van der Waals surface area contributed by atoms with Gasteiger partial charge in [-0.2, -0.15) is 13.2 Å². The molecule has 0 atom stereocenters. The fourth-order valence-electron chi connectivity index (χ4n) is 4.81. The molecule has 0 saturated carbocycles. The Balaban J connectivity index is 1.85. The van der Waals surface area contributed by atoms with E-state index < -0.39 is 49.4 Å². The average Bonchev–Trinajstić information content (AvgIpc) is 3.08. The van der Waals surface area contributed by atoms with Crippen molar-refractivity contribution in [2.75, 3.05) is 36.4 Å². The minimum absolute atomic E-state index is 0.0417. The average molecular weight is 634 g/mol. The zero-order valence-corrected chi connectivity index (χ0v) is 24.9. The molecule has 3 rings (SSSR count). The van der Waals surface area contributed by atoms with E-state index in [4.69, 9.17) is 11.5 Å². The number of alkyl halides is 3. The highest BCUT2D eigenvalue weighted by atomic mass is 19.4. The van der Waals surface area contributed by atoms with Gasteiger partial charge in [0.2, 0.25) is 11.8 Å². The molecule has 3 amide bonds. The lowest BCUT2D eigenvalue weighted by Gasteiger charge is -2.23. The quantitative estimate of drug-likeness (QED) is 0.153. The molecule has 0 radical (unpaired) electrons. The van der Waals surface area contributed by atoms with Crippen molar-refractivity contribution in [3.63, 3.8) is 0 Å². The Labute approximate surface area is 259 Å². The molecule has 11 nitrogen and oxygen atoms in total. The van der Waals surface area contributed by atoms with Gasteiger partial charge in [0.05, 0.1) is 24.2 Å². The summed E-state index contributed by atoms with van der Waals surface area (Å²) in [6, 6.07) is 12.1. The van der Waals surface area contributed by atoms with Gasteiger partial charge in [-0.05, 0) is 74.2 Å². The lowest BCUT2D eigenvalue weighted by molar-refractivity contribution is -0.201. The molecule has 1 heterocycles. The van der Waals surface area contributed by atoms with Crippen LogP contribution >= 0.6 is 0 Å². The first-order chi connectivity index (χ1) is 21.4. The number of anilines is 2. The van der Waals surface area contributed by atoms with E-state index >= 15 is 0 Å². The van der Waals surface area contributed by atoms with Crippen LogP contribution in [-0.4, -0.2) is 66.9 Å². The number of carbonyl (C=O) groups excluding carboxylic acids is 5. The van der Waals surface area contributed by atoms with E-state index in [2.05, 4.69) is 10.1 Å². The number of fused-ring (bicyclic) bond motifs is 1. The first-order valence-electron chi connectivity index (χ1n) is 14.8. The summed E-state index contributed by atoms with van der Waals surface area (Å²) in [5.41, 5.74) is 13.6. The smallest absolute Gasteiger partial charge is 0.386 e. The number of hydrogen-bond donors (Lipinski definition) is 3. The molecule has 0 spiro atoms. The Bertz CT molecular complexity index is 1380. The van der Waals surface area contributed by atoms with Gasteiger partial charge in [0.15, 0.2) is 0 Å². The van der Waals surface area contributed by atoms with Crippen molar-refractivity contribution in [3.05, 3.63) is 59.2 Å². The molecule has 0 saturated heterocycles. The molecule has 1 aliphatic heterocycles. The summed E-state index contributed by atoms with van der Waals surface area (Å²) in [6.45, 7) is 0.102. The highest BCUT2D eigenvalue weighted by Crippen LogP contribution is 2.30. The third kappa shape index (κ3) is 10.7. The van der Waals surface area contributed by atoms with Gasteiger partial charge in [0.1, 0.15) is 6.54 Å². The van der Waals surface area contributed by atoms with E-state index in [1.54, 1.807) is 36.4 Å². The van der Waals surface area contributed by atoms with Gasteiger partial charge in [-0.25, -0.2) is 4.79 Å². The Morgan fingerprint density at radius 1 is 0.889 bits per heavy atom. The van der Waals surface area contributed by atoms with Gasteiger partial charge < -0.3 is 31.3 Å². The highest BCUT2D eigenvalue weighted by Gasteiger charge is 2.42. The van der Waals surface area contributed by atoms with E-state index in [0.717, 1.165) is 36.1 Å². The molecule has 0 fully saturated rings. The molecule has 5 N–H and O–H groups in total. The number of amides is 3. The summed E-state index contributed by atoms with van der Waals surface area (Å²) < 4.78 is 41.4. The minimum Gasteiger partial charge on any atom is -0.386 e. The predicted molar refractivity (Wildman–Crippen MR) is 160 cm³/mol. The van der Waals surface area contributed by atoms with Crippen molar-refractivity contribution in [1.82, 2.24) is 4.90 Å². The van der Waals surface area contributed by atoms with Gasteiger partial charge >= 0.3 is 18.1 Å². The molecule has 0 unspecified atom stereocenters. The van der Waals surface area contributed by atoms with Crippen molar-refractivity contribution < 1.29 is 41.9 Å². The first kappa shape index (κ1) is 35.2. The molecule has 1 aliphatic rings. The van der Waals surface area contributed by atoms with E-state index in [1.165, 1.54) is 4.90 Å². The second-order valence-electron chi connectivity index (χ2n) is 10.7. The second kappa shape index (κ2) is 16.7. The maximum Gasteiger partial charge on any atom is 0.491 e. The molecular formula is C31H38F3N5O6. The Morgan fingerprint density at radius 3 is 2.33 bits per heavy atom. The number of rotatable bonds is 15. The molecule has 0 aromatic heterocycles. The Kier molecular flexibility index (Phi) is 13.0. The van der Waals surface area contributed by atoms with Crippen molar-refractivity contribution in [3.8, 4) is 0 Å². The zero-order chi connectivity index (χ0) is 33.0. The van der Waals surface area contributed by atoms with Crippen LogP contribution in [-0.2, 0) is 36.9 Å². The third-order valence-electron chi connectivity index (χ3n) is 7.10. The number of hydrogen-bond acceptors (Lipinski definition) is 8. The normalized spacial score (nSPS) is 13.4. The lowest BCUT2D eigenvalue weighted by Crippen LogP contribution is -2.40. The number of aryl methyl sites for hydroxylation is 1. The second-order valence-corrected chi connectivity index (χ2v) is 10.7. The third-order valence-corrected chi connectivity index (χ3v) is 7.10. The van der Waals surface area contributed by atoms with Gasteiger partial charge in [-0.15, -0.1) is 0 Å². The molecule has 14 heteroatoms. The van der Waals surface area contributed by atoms with E-state index in [1.807, 2.05) is 6.07 Å². The number of unbranched alkanes of at least 4 members (excludes halogenated alkanes) is 3. The van der Waals surface area contributed by atoms with Crippen LogP contribution in [0, 0.1) is 0 Å². The number of ether oxygens (including phenoxy) is 1. The first-order valence-corrected chi connectivity index (χ1v) is 14.8. The number of nitrogens with two attached hydrogens (primary N) is 2. The maximum absolute atomic E-state index is 13.7. The molecule has 0 aliphatic carbocycles. The summed E-state index contributed by atoms with van der Waals surface area (Å²) >= 11 is 0. The van der Waals surface area contributed by atoms with Crippen molar-refractivity contribution in [2.45, 2.75) is 64.1 Å². The number of nitrogens with one attached hydrogen (secondary N) is 1. The molecule has 0 bridgehead atoms. The molecule has 2 aromatic rings. The van der Waals surface area contributed by atoms with Gasteiger partial charge in [-0.3, -0.25) is 19.2 Å². The van der Waals surface area contributed by atoms with Crippen LogP contribution in [0.3, 0.4) is 0 Å². The summed E-state index contributed by atoms with van der Waals surface area (Å²) in [5.74, 6) is -5.44. The van der Waals surface area contributed by atoms with Crippen LogP contribution in [0.2, 0.25) is 0 Å². The lowest BCUT2D eigenvalue weighted by atomic mass is 10.0. The molecule has 45 heavy (non-hydrogen) atoms. The summed E-state index contributed by atoms with van der Waals surface area (Å²) in [6.07, 6.45) is -0.973. The molecular weight excluding hydrogens is 595 g/mol. The monoisotopic (exact) mass is 633 g/mol. The van der Waals surface area contributed by atoms with E-state index in [-0.39, 0.29) is 24.4 Å². The van der Waals surface area contributed by atoms with E-state index in [0.29, 0.717) is 42.9 Å². The SMILES string of the molecule is NCCCCCCc1ccc2c(c1)C(=O)N(CCC(=O)OC(=O)C(F)(F)F)CC(=O)N2Cc1cccc(NC(=O)CCCN)c1. The van der Waals surface area contributed by atoms with Crippen LogP contribution in [0.4, 0.5) is 24.5 Å². The zero-order valence-electron chi connectivity index (χ0n) is 24.9. The topological polar surface area (TPSA) is 165 Å².